The number of benzene rings is 2. The molecule has 0 fully saturated rings. The molecule has 1 aliphatic carbocycles. The Morgan fingerprint density at radius 2 is 1.82 bits per heavy atom. The quantitative estimate of drug-likeness (QED) is 0.297. The lowest BCUT2D eigenvalue weighted by Crippen LogP contribution is -2.28. The summed E-state index contributed by atoms with van der Waals surface area (Å²) in [6, 6.07) is 22.0. The molecule has 1 atom stereocenters. The van der Waals surface area contributed by atoms with Crippen molar-refractivity contribution in [3.8, 4) is 16.8 Å². The minimum absolute atomic E-state index is 0.0530. The lowest BCUT2D eigenvalue weighted by atomic mass is 9.98. The monoisotopic (exact) mass is 513 g/mol. The molecule has 0 amide bonds. The van der Waals surface area contributed by atoms with Gasteiger partial charge in [0.05, 0.1) is 29.0 Å². The van der Waals surface area contributed by atoms with E-state index in [1.165, 1.54) is 11.1 Å². The zero-order valence-electron chi connectivity index (χ0n) is 22.4. The fourth-order valence-electron chi connectivity index (χ4n) is 5.37. The molecule has 1 N–H and O–H groups in total. The van der Waals surface area contributed by atoms with Gasteiger partial charge in [-0.25, -0.2) is 0 Å². The van der Waals surface area contributed by atoms with E-state index >= 15 is 0 Å². The van der Waals surface area contributed by atoms with E-state index in [0.717, 1.165) is 52.1 Å². The molecule has 0 saturated carbocycles. The first kappa shape index (κ1) is 24.6. The van der Waals surface area contributed by atoms with Crippen LogP contribution in [0, 0.1) is 0 Å². The van der Waals surface area contributed by atoms with Crippen LogP contribution in [0.1, 0.15) is 43.3 Å². The van der Waals surface area contributed by atoms with Gasteiger partial charge >= 0.3 is 0 Å². The molecule has 3 aromatic heterocycles. The molecule has 0 spiro atoms. The van der Waals surface area contributed by atoms with Gasteiger partial charge in [-0.2, -0.15) is 5.10 Å². The van der Waals surface area contributed by atoms with Crippen LogP contribution < -0.4 is 10.9 Å². The first-order valence-corrected chi connectivity index (χ1v) is 13.3. The standard InChI is InChI=1S/C33H31N5O/c1-22-14-16-24-10-8-18-34-32(24)29(17-15-22)36-23(2)30-19-25-9-7-13-28(26-20-35-37(3)21-26)31(25)33(39)38(30)27-11-5-4-6-12-27/h4-13,15,17-21,23,36H,14,16H2,1-3H3/t23-/m1/s1. The van der Waals surface area contributed by atoms with Crippen LogP contribution in [0.5, 0.6) is 0 Å². The van der Waals surface area contributed by atoms with E-state index in [1.54, 1.807) is 10.9 Å². The molecule has 0 saturated heterocycles. The van der Waals surface area contributed by atoms with Gasteiger partial charge in [0.1, 0.15) is 0 Å². The second kappa shape index (κ2) is 10.2. The number of para-hydroxylation sites is 1. The number of aromatic nitrogens is 4. The summed E-state index contributed by atoms with van der Waals surface area (Å²) in [5.74, 6) is 0. The van der Waals surface area contributed by atoms with Crippen LogP contribution in [0.15, 0.2) is 108 Å². The fraction of sp³-hybridized carbons (Fsp3) is 0.182. The second-order valence-electron chi connectivity index (χ2n) is 10.2. The van der Waals surface area contributed by atoms with Crippen LogP contribution in [-0.4, -0.2) is 19.3 Å². The first-order valence-electron chi connectivity index (χ1n) is 13.3. The molecular formula is C33H31N5O. The van der Waals surface area contributed by atoms with Crippen LogP contribution in [0.25, 0.3) is 33.3 Å². The molecule has 0 bridgehead atoms. The average molecular weight is 514 g/mol. The van der Waals surface area contributed by atoms with Crippen molar-refractivity contribution in [3.63, 3.8) is 0 Å². The Balaban J connectivity index is 1.53. The number of pyridine rings is 2. The molecule has 1 aliphatic rings. The van der Waals surface area contributed by atoms with Crippen molar-refractivity contribution in [1.29, 1.82) is 0 Å². The van der Waals surface area contributed by atoms with Crippen LogP contribution in [0.3, 0.4) is 0 Å². The summed E-state index contributed by atoms with van der Waals surface area (Å²) in [5, 5.41) is 9.63. The Kier molecular flexibility index (Phi) is 6.45. The maximum absolute atomic E-state index is 14.4. The molecule has 39 heavy (non-hydrogen) atoms. The van der Waals surface area contributed by atoms with Crippen LogP contribution in [0.2, 0.25) is 0 Å². The van der Waals surface area contributed by atoms with Gasteiger partial charge in [-0.1, -0.05) is 54.1 Å². The summed E-state index contributed by atoms with van der Waals surface area (Å²) in [4.78, 5) is 19.1. The zero-order valence-corrected chi connectivity index (χ0v) is 22.4. The van der Waals surface area contributed by atoms with E-state index < -0.39 is 0 Å². The predicted molar refractivity (Wildman–Crippen MR) is 158 cm³/mol. The van der Waals surface area contributed by atoms with Gasteiger partial charge in [-0.3, -0.25) is 19.0 Å². The highest BCUT2D eigenvalue weighted by atomic mass is 16.1. The number of rotatable bonds is 5. The van der Waals surface area contributed by atoms with Gasteiger partial charge in [0.15, 0.2) is 0 Å². The lowest BCUT2D eigenvalue weighted by Gasteiger charge is -2.24. The molecule has 6 heteroatoms. The molecule has 6 rings (SSSR count). The number of aryl methyl sites for hydroxylation is 2. The van der Waals surface area contributed by atoms with E-state index in [4.69, 9.17) is 4.98 Å². The Morgan fingerprint density at radius 1 is 0.974 bits per heavy atom. The number of allylic oxidation sites excluding steroid dienone is 3. The number of hydrogen-bond acceptors (Lipinski definition) is 4. The van der Waals surface area contributed by atoms with E-state index in [9.17, 15) is 4.79 Å². The van der Waals surface area contributed by atoms with Crippen molar-refractivity contribution in [2.45, 2.75) is 32.7 Å². The van der Waals surface area contributed by atoms with Gasteiger partial charge in [-0.05, 0) is 73.5 Å². The third-order valence-electron chi connectivity index (χ3n) is 7.39. The third-order valence-corrected chi connectivity index (χ3v) is 7.39. The first-order chi connectivity index (χ1) is 19.0. The van der Waals surface area contributed by atoms with Crippen molar-refractivity contribution in [1.82, 2.24) is 24.6 Å². The average Bonchev–Trinajstić information content (AvgIpc) is 3.39. The summed E-state index contributed by atoms with van der Waals surface area (Å²) in [6.07, 6.45) is 11.8. The van der Waals surface area contributed by atoms with E-state index in [2.05, 4.69) is 48.5 Å². The van der Waals surface area contributed by atoms with Gasteiger partial charge in [0, 0.05) is 36.4 Å². The van der Waals surface area contributed by atoms with E-state index in [-0.39, 0.29) is 11.6 Å². The highest BCUT2D eigenvalue weighted by molar-refractivity contribution is 5.96. The maximum Gasteiger partial charge on any atom is 0.263 e. The minimum atomic E-state index is -0.182. The summed E-state index contributed by atoms with van der Waals surface area (Å²) >= 11 is 0. The number of nitrogens with zero attached hydrogens (tertiary/aromatic N) is 4. The smallest absolute Gasteiger partial charge is 0.263 e. The normalized spacial score (nSPS) is 14.1. The number of nitrogens with one attached hydrogen (secondary N) is 1. The summed E-state index contributed by atoms with van der Waals surface area (Å²) in [5.41, 5.74) is 7.91. The van der Waals surface area contributed by atoms with Crippen LogP contribution in [-0.2, 0) is 13.5 Å². The summed E-state index contributed by atoms with van der Waals surface area (Å²) in [7, 11) is 1.89. The largest absolute Gasteiger partial charge is 0.375 e. The van der Waals surface area contributed by atoms with Crippen LogP contribution >= 0.6 is 0 Å². The van der Waals surface area contributed by atoms with E-state index in [0.29, 0.717) is 5.39 Å². The highest BCUT2D eigenvalue weighted by Gasteiger charge is 2.21. The molecule has 6 nitrogen and oxygen atoms in total. The second-order valence-corrected chi connectivity index (χ2v) is 10.2. The Hall–Kier alpha value is -4.71. The Morgan fingerprint density at radius 3 is 2.62 bits per heavy atom. The van der Waals surface area contributed by atoms with Crippen molar-refractivity contribution >= 4 is 16.5 Å². The highest BCUT2D eigenvalue weighted by Crippen LogP contribution is 2.30. The summed E-state index contributed by atoms with van der Waals surface area (Å²) in [6.45, 7) is 4.26. The van der Waals surface area contributed by atoms with E-state index in [1.807, 2.05) is 78.6 Å². The van der Waals surface area contributed by atoms with Gasteiger partial charge < -0.3 is 5.32 Å². The lowest BCUT2D eigenvalue weighted by molar-refractivity contribution is 0.648. The predicted octanol–water partition coefficient (Wildman–Crippen LogP) is 6.37. The molecule has 0 radical (unpaired) electrons. The minimum Gasteiger partial charge on any atom is -0.375 e. The zero-order chi connectivity index (χ0) is 26.9. The Bertz CT molecular complexity index is 1790. The van der Waals surface area contributed by atoms with Crippen LogP contribution in [0.4, 0.5) is 0 Å². The van der Waals surface area contributed by atoms with Crippen molar-refractivity contribution in [2.75, 3.05) is 0 Å². The molecule has 2 aromatic carbocycles. The number of fused-ring (bicyclic) bond motifs is 2. The van der Waals surface area contributed by atoms with Gasteiger partial charge in [-0.15, -0.1) is 0 Å². The molecular weight excluding hydrogens is 482 g/mol. The topological polar surface area (TPSA) is 64.7 Å². The molecule has 5 aromatic rings. The molecule has 3 heterocycles. The van der Waals surface area contributed by atoms with Crippen molar-refractivity contribution < 1.29 is 0 Å². The maximum atomic E-state index is 14.4. The SMILES string of the molecule is CC1=CC=C(N[C@H](C)c2cc3cccc(-c4cnn(C)c4)c3c(=O)n2-c2ccccc2)c2ncccc2CC1. The summed E-state index contributed by atoms with van der Waals surface area (Å²) < 4.78 is 3.60. The number of hydrogen-bond donors (Lipinski definition) is 1. The van der Waals surface area contributed by atoms with Gasteiger partial charge in [0.2, 0.25) is 0 Å². The van der Waals surface area contributed by atoms with Crippen molar-refractivity contribution in [2.24, 2.45) is 7.05 Å². The Labute approximate surface area is 228 Å². The third kappa shape index (κ3) is 4.70. The molecule has 194 valence electrons. The van der Waals surface area contributed by atoms with Gasteiger partial charge in [0.25, 0.3) is 5.56 Å². The molecule has 0 unspecified atom stereocenters. The fourth-order valence-corrected chi connectivity index (χ4v) is 5.37. The molecule has 0 aliphatic heterocycles. The van der Waals surface area contributed by atoms with Crippen molar-refractivity contribution in [3.05, 3.63) is 130 Å².